The fraction of sp³-hybridized carbons (Fsp3) is 0.556. The third-order valence-corrected chi connectivity index (χ3v) is 4.69. The number of hydrogen-bond acceptors (Lipinski definition) is 5. The molecule has 1 unspecified atom stereocenters. The number of phenols is 1. The second-order valence-corrected chi connectivity index (χ2v) is 7.30. The first-order valence-electron chi connectivity index (χ1n) is 8.52. The molecular weight excluding hydrogens is 322 g/mol. The molecule has 2 saturated heterocycles. The van der Waals surface area contributed by atoms with Crippen LogP contribution in [0.2, 0.25) is 0 Å². The zero-order valence-electron chi connectivity index (χ0n) is 14.9. The number of likely N-dealkylation sites (N-methyl/N-ethyl adjacent to an activating group) is 1. The standard InChI is InChI=1S/C18H25N3O4/c1-12(2)19-16(23)15-8-25-18(9-20(15)3)10-21(11-18)17(24)13-5-4-6-14(22)7-13/h4-7,12,15,22H,8-11H2,1-3H3,(H,19,23). The summed E-state index contributed by atoms with van der Waals surface area (Å²) in [6.07, 6.45) is 0. The predicted octanol–water partition coefficient (Wildman–Crippen LogP) is 0.442. The number of nitrogens with one attached hydrogen (secondary N) is 1. The number of phenolic OH excluding ortho intramolecular Hbond substituents is 1. The van der Waals surface area contributed by atoms with Crippen molar-refractivity contribution in [2.75, 3.05) is 33.3 Å². The molecule has 0 radical (unpaired) electrons. The highest BCUT2D eigenvalue weighted by Gasteiger charge is 2.51. The van der Waals surface area contributed by atoms with Crippen LogP contribution in [-0.4, -0.2) is 77.7 Å². The molecule has 1 atom stereocenters. The van der Waals surface area contributed by atoms with Crippen molar-refractivity contribution >= 4 is 11.8 Å². The topological polar surface area (TPSA) is 82.1 Å². The summed E-state index contributed by atoms with van der Waals surface area (Å²) in [5.41, 5.74) is 0.0590. The van der Waals surface area contributed by atoms with E-state index in [1.54, 1.807) is 17.0 Å². The highest BCUT2D eigenvalue weighted by Crippen LogP contribution is 2.32. The molecule has 1 aromatic rings. The molecule has 2 fully saturated rings. The molecule has 0 bridgehead atoms. The van der Waals surface area contributed by atoms with Gasteiger partial charge < -0.3 is 20.1 Å². The van der Waals surface area contributed by atoms with Gasteiger partial charge in [-0.3, -0.25) is 14.5 Å². The molecule has 136 valence electrons. The van der Waals surface area contributed by atoms with E-state index in [2.05, 4.69) is 5.32 Å². The Hall–Kier alpha value is -2.12. The lowest BCUT2D eigenvalue weighted by Gasteiger charge is -2.54. The molecule has 0 aromatic heterocycles. The number of nitrogens with zero attached hydrogens (tertiary/aromatic N) is 2. The number of morpholine rings is 1. The molecule has 2 amide bonds. The van der Waals surface area contributed by atoms with Gasteiger partial charge in [0.25, 0.3) is 5.91 Å². The highest BCUT2D eigenvalue weighted by molar-refractivity contribution is 5.95. The minimum Gasteiger partial charge on any atom is -0.508 e. The van der Waals surface area contributed by atoms with E-state index in [0.717, 1.165) is 0 Å². The van der Waals surface area contributed by atoms with Crippen molar-refractivity contribution < 1.29 is 19.4 Å². The Bertz CT molecular complexity index is 670. The largest absolute Gasteiger partial charge is 0.508 e. The van der Waals surface area contributed by atoms with Crippen LogP contribution in [0.1, 0.15) is 24.2 Å². The van der Waals surface area contributed by atoms with Crippen LogP contribution < -0.4 is 5.32 Å². The Morgan fingerprint density at radius 2 is 2.04 bits per heavy atom. The number of ether oxygens (including phenoxy) is 1. The Morgan fingerprint density at radius 1 is 1.32 bits per heavy atom. The van der Waals surface area contributed by atoms with Gasteiger partial charge in [0.2, 0.25) is 5.91 Å². The van der Waals surface area contributed by atoms with Gasteiger partial charge in [-0.1, -0.05) is 6.07 Å². The van der Waals surface area contributed by atoms with Crippen LogP contribution in [0.5, 0.6) is 5.75 Å². The van der Waals surface area contributed by atoms with E-state index in [-0.39, 0.29) is 29.6 Å². The highest BCUT2D eigenvalue weighted by atomic mass is 16.5. The molecule has 2 heterocycles. The van der Waals surface area contributed by atoms with Gasteiger partial charge in [0.05, 0.1) is 19.7 Å². The third-order valence-electron chi connectivity index (χ3n) is 4.69. The Labute approximate surface area is 147 Å². The first-order valence-corrected chi connectivity index (χ1v) is 8.52. The van der Waals surface area contributed by atoms with E-state index in [4.69, 9.17) is 4.74 Å². The van der Waals surface area contributed by atoms with Gasteiger partial charge in [-0.15, -0.1) is 0 Å². The third kappa shape index (κ3) is 3.62. The minimum absolute atomic E-state index is 0.0284. The molecule has 3 rings (SSSR count). The fourth-order valence-electron chi connectivity index (χ4n) is 3.46. The van der Waals surface area contributed by atoms with E-state index >= 15 is 0 Å². The molecule has 2 aliphatic rings. The van der Waals surface area contributed by atoms with Gasteiger partial charge in [-0.05, 0) is 39.1 Å². The molecule has 7 heteroatoms. The Balaban J connectivity index is 1.57. The number of amides is 2. The van der Waals surface area contributed by atoms with Crippen LogP contribution in [0, 0.1) is 0 Å². The number of aromatic hydroxyl groups is 1. The monoisotopic (exact) mass is 347 g/mol. The van der Waals surface area contributed by atoms with Gasteiger partial charge in [0, 0.05) is 18.2 Å². The molecular formula is C18H25N3O4. The average molecular weight is 347 g/mol. The quantitative estimate of drug-likeness (QED) is 0.829. The Kier molecular flexibility index (Phi) is 4.71. The van der Waals surface area contributed by atoms with Gasteiger partial charge in [-0.25, -0.2) is 0 Å². The number of carbonyl (C=O) groups excluding carboxylic acids is 2. The number of rotatable bonds is 3. The maximum absolute atomic E-state index is 12.5. The van der Waals surface area contributed by atoms with Gasteiger partial charge in [0.15, 0.2) is 0 Å². The number of hydrogen-bond donors (Lipinski definition) is 2. The van der Waals surface area contributed by atoms with E-state index in [0.29, 0.717) is 31.8 Å². The number of likely N-dealkylation sites (tertiary alicyclic amines) is 1. The zero-order valence-corrected chi connectivity index (χ0v) is 14.9. The fourth-order valence-corrected chi connectivity index (χ4v) is 3.46. The predicted molar refractivity (Wildman–Crippen MR) is 92.4 cm³/mol. The second kappa shape index (κ2) is 6.65. The van der Waals surface area contributed by atoms with Crippen molar-refractivity contribution in [3.05, 3.63) is 29.8 Å². The van der Waals surface area contributed by atoms with E-state index in [9.17, 15) is 14.7 Å². The van der Waals surface area contributed by atoms with Crippen LogP contribution in [0.3, 0.4) is 0 Å². The zero-order chi connectivity index (χ0) is 18.2. The van der Waals surface area contributed by atoms with E-state index in [1.165, 1.54) is 12.1 Å². The van der Waals surface area contributed by atoms with Crippen molar-refractivity contribution in [1.82, 2.24) is 15.1 Å². The van der Waals surface area contributed by atoms with Crippen LogP contribution in [0.4, 0.5) is 0 Å². The van der Waals surface area contributed by atoms with Crippen LogP contribution in [-0.2, 0) is 9.53 Å². The van der Waals surface area contributed by atoms with Crippen molar-refractivity contribution in [2.24, 2.45) is 0 Å². The summed E-state index contributed by atoms with van der Waals surface area (Å²) in [6.45, 7) is 5.77. The lowest BCUT2D eigenvalue weighted by atomic mass is 9.90. The first-order chi connectivity index (χ1) is 11.8. The summed E-state index contributed by atoms with van der Waals surface area (Å²) < 4.78 is 5.98. The SMILES string of the molecule is CC(C)NC(=O)C1COC2(CN(C(=O)c3cccc(O)c3)C2)CN1C. The number of carbonyl (C=O) groups is 2. The molecule has 1 spiro atoms. The summed E-state index contributed by atoms with van der Waals surface area (Å²) in [7, 11) is 1.91. The maximum atomic E-state index is 12.5. The lowest BCUT2D eigenvalue weighted by molar-refractivity contribution is -0.187. The Morgan fingerprint density at radius 3 is 2.64 bits per heavy atom. The van der Waals surface area contributed by atoms with Crippen molar-refractivity contribution in [1.29, 1.82) is 0 Å². The molecule has 2 N–H and O–H groups in total. The minimum atomic E-state index is -0.407. The summed E-state index contributed by atoms with van der Waals surface area (Å²) in [4.78, 5) is 28.4. The summed E-state index contributed by atoms with van der Waals surface area (Å²) in [6, 6.07) is 6.14. The smallest absolute Gasteiger partial charge is 0.254 e. The molecule has 0 saturated carbocycles. The van der Waals surface area contributed by atoms with Gasteiger partial charge in [0.1, 0.15) is 17.4 Å². The molecule has 0 aliphatic carbocycles. The lowest BCUT2D eigenvalue weighted by Crippen LogP contribution is -2.73. The summed E-state index contributed by atoms with van der Waals surface area (Å²) in [5, 5.41) is 12.4. The first kappa shape index (κ1) is 17.7. The van der Waals surface area contributed by atoms with E-state index in [1.807, 2.05) is 25.8 Å². The van der Waals surface area contributed by atoms with Gasteiger partial charge in [-0.2, -0.15) is 0 Å². The molecule has 2 aliphatic heterocycles. The van der Waals surface area contributed by atoms with E-state index < -0.39 is 5.60 Å². The van der Waals surface area contributed by atoms with Crippen molar-refractivity contribution in [2.45, 2.75) is 31.5 Å². The maximum Gasteiger partial charge on any atom is 0.254 e. The van der Waals surface area contributed by atoms with Crippen LogP contribution >= 0.6 is 0 Å². The van der Waals surface area contributed by atoms with Crippen molar-refractivity contribution in [3.8, 4) is 5.75 Å². The van der Waals surface area contributed by atoms with Crippen LogP contribution in [0.25, 0.3) is 0 Å². The molecule has 1 aromatic carbocycles. The molecule has 7 nitrogen and oxygen atoms in total. The number of benzene rings is 1. The molecule has 25 heavy (non-hydrogen) atoms. The summed E-state index contributed by atoms with van der Waals surface area (Å²) >= 11 is 0. The van der Waals surface area contributed by atoms with Gasteiger partial charge >= 0.3 is 0 Å². The van der Waals surface area contributed by atoms with Crippen molar-refractivity contribution in [3.63, 3.8) is 0 Å². The second-order valence-electron chi connectivity index (χ2n) is 7.30. The van der Waals surface area contributed by atoms with Crippen LogP contribution in [0.15, 0.2) is 24.3 Å². The average Bonchev–Trinajstić information content (AvgIpc) is 2.51. The summed E-state index contributed by atoms with van der Waals surface area (Å²) in [5.74, 6) is -0.0689. The normalized spacial score (nSPS) is 22.7.